The van der Waals surface area contributed by atoms with E-state index in [1.165, 1.54) is 12.1 Å². The van der Waals surface area contributed by atoms with Gasteiger partial charge in [-0.25, -0.2) is 0 Å². The van der Waals surface area contributed by atoms with Crippen LogP contribution in [0.15, 0.2) is 34.3 Å². The minimum absolute atomic E-state index is 0.167. The predicted octanol–water partition coefficient (Wildman–Crippen LogP) is 4.26. The number of carbonyl (C=O) groups is 3. The van der Waals surface area contributed by atoms with Crippen molar-refractivity contribution >= 4 is 93.1 Å². The number of allylic oxidation sites excluding steroid dienone is 2. The summed E-state index contributed by atoms with van der Waals surface area (Å²) in [5.41, 5.74) is 0.709. The van der Waals surface area contributed by atoms with Gasteiger partial charge in [-0.15, -0.1) is 23.2 Å². The summed E-state index contributed by atoms with van der Waals surface area (Å²) >= 11 is 38.4. The lowest BCUT2D eigenvalue weighted by atomic mass is 9.81. The number of ether oxygens (including phenoxy) is 1. The Labute approximate surface area is 218 Å². The molecule has 33 heavy (non-hydrogen) atoms. The fraction of sp³-hybridized carbons (Fsp3) is 0.450. The largest absolute Gasteiger partial charge is 0.481 e. The van der Waals surface area contributed by atoms with Gasteiger partial charge in [0, 0.05) is 24.3 Å². The first-order valence-corrected chi connectivity index (χ1v) is 12.0. The highest BCUT2D eigenvalue weighted by molar-refractivity contribution is 6.66. The van der Waals surface area contributed by atoms with Crippen molar-refractivity contribution in [2.75, 3.05) is 31.6 Å². The normalized spacial score (nSPS) is 32.7. The predicted molar refractivity (Wildman–Crippen MR) is 127 cm³/mol. The Bertz CT molecular complexity index is 1060. The van der Waals surface area contributed by atoms with Crippen molar-refractivity contribution in [2.24, 2.45) is 11.8 Å². The van der Waals surface area contributed by atoms with Crippen molar-refractivity contribution < 1.29 is 24.2 Å². The molecule has 1 saturated heterocycles. The monoisotopic (exact) mass is 574 g/mol. The van der Waals surface area contributed by atoms with Crippen LogP contribution in [-0.4, -0.2) is 68.2 Å². The number of amides is 2. The molecule has 7 nitrogen and oxygen atoms in total. The third kappa shape index (κ3) is 3.46. The second kappa shape index (κ2) is 8.63. The van der Waals surface area contributed by atoms with Crippen molar-refractivity contribution in [1.82, 2.24) is 4.90 Å². The summed E-state index contributed by atoms with van der Waals surface area (Å²) in [6, 6.07) is 6.09. The molecule has 3 aliphatic rings. The lowest BCUT2D eigenvalue weighted by Gasteiger charge is -2.33. The number of carbonyl (C=O) groups excluding carboxylic acids is 2. The van der Waals surface area contributed by atoms with E-state index in [-0.39, 0.29) is 21.7 Å². The number of carboxylic acid groups (broad SMARTS) is 1. The van der Waals surface area contributed by atoms with E-state index in [0.717, 1.165) is 0 Å². The molecule has 4 rings (SSSR count). The maximum atomic E-state index is 13.2. The van der Waals surface area contributed by atoms with E-state index in [2.05, 4.69) is 5.32 Å². The number of anilines is 1. The van der Waals surface area contributed by atoms with Crippen molar-refractivity contribution in [1.29, 1.82) is 0 Å². The van der Waals surface area contributed by atoms with E-state index >= 15 is 0 Å². The second-order valence-electron chi connectivity index (χ2n) is 7.89. The van der Waals surface area contributed by atoms with Gasteiger partial charge in [-0.05, 0) is 24.3 Å². The molecule has 1 saturated carbocycles. The van der Waals surface area contributed by atoms with Crippen LogP contribution in [0, 0.1) is 11.8 Å². The third-order valence-electron chi connectivity index (χ3n) is 6.18. The fourth-order valence-electron chi connectivity index (χ4n) is 4.49. The first-order chi connectivity index (χ1) is 15.4. The summed E-state index contributed by atoms with van der Waals surface area (Å²) in [6.07, 6.45) is 0. The number of nitrogens with one attached hydrogen (secondary N) is 1. The summed E-state index contributed by atoms with van der Waals surface area (Å²) in [6.45, 7) is 1.92. The molecule has 2 bridgehead atoms. The molecule has 0 unspecified atom stereocenters. The maximum Gasteiger partial charge on any atom is 0.309 e. The van der Waals surface area contributed by atoms with Crippen molar-refractivity contribution in [3.8, 4) is 0 Å². The Morgan fingerprint density at radius 2 is 1.45 bits per heavy atom. The third-order valence-corrected chi connectivity index (χ3v) is 10.4. The number of hydrogen-bond donors (Lipinski definition) is 2. The van der Waals surface area contributed by atoms with Crippen LogP contribution in [-0.2, 0) is 14.3 Å². The number of rotatable bonds is 4. The highest BCUT2D eigenvalue weighted by Crippen LogP contribution is 2.76. The molecule has 2 N–H and O–H groups in total. The van der Waals surface area contributed by atoms with E-state index in [1.54, 1.807) is 17.0 Å². The lowest BCUT2D eigenvalue weighted by molar-refractivity contribution is -0.146. The zero-order valence-corrected chi connectivity index (χ0v) is 21.1. The molecule has 1 aromatic carbocycles. The molecule has 2 aliphatic carbocycles. The van der Waals surface area contributed by atoms with Crippen LogP contribution in [0.3, 0.4) is 0 Å². The number of nitrogens with zero attached hydrogens (tertiary/aromatic N) is 1. The highest BCUT2D eigenvalue weighted by Gasteiger charge is 2.85. The van der Waals surface area contributed by atoms with Crippen LogP contribution in [0.25, 0.3) is 0 Å². The zero-order chi connectivity index (χ0) is 24.3. The van der Waals surface area contributed by atoms with Crippen LogP contribution in [0.5, 0.6) is 0 Å². The molecule has 178 valence electrons. The van der Waals surface area contributed by atoms with Crippen LogP contribution in [0.1, 0.15) is 10.4 Å². The summed E-state index contributed by atoms with van der Waals surface area (Å²) < 4.78 is 3.06. The maximum absolute atomic E-state index is 13.2. The van der Waals surface area contributed by atoms with Gasteiger partial charge in [0.25, 0.3) is 5.91 Å². The lowest BCUT2D eigenvalue weighted by Crippen LogP contribution is -2.47. The van der Waals surface area contributed by atoms with E-state index in [9.17, 15) is 19.5 Å². The van der Waals surface area contributed by atoms with E-state index in [0.29, 0.717) is 31.9 Å². The van der Waals surface area contributed by atoms with Crippen molar-refractivity contribution in [3.63, 3.8) is 0 Å². The van der Waals surface area contributed by atoms with Crippen LogP contribution < -0.4 is 5.32 Å². The van der Waals surface area contributed by atoms with Gasteiger partial charge in [-0.1, -0.05) is 46.4 Å². The zero-order valence-electron chi connectivity index (χ0n) is 16.6. The Morgan fingerprint density at radius 3 is 1.97 bits per heavy atom. The molecule has 2 amide bonds. The molecule has 1 aromatic rings. The van der Waals surface area contributed by atoms with Gasteiger partial charge in [0.15, 0.2) is 4.33 Å². The molecule has 0 radical (unpaired) electrons. The number of aliphatic carboxylic acids is 1. The van der Waals surface area contributed by atoms with Gasteiger partial charge in [0.2, 0.25) is 5.91 Å². The number of carboxylic acids is 1. The van der Waals surface area contributed by atoms with Crippen molar-refractivity contribution in [2.45, 2.75) is 14.1 Å². The van der Waals surface area contributed by atoms with Crippen LogP contribution in [0.4, 0.5) is 5.69 Å². The van der Waals surface area contributed by atoms with Gasteiger partial charge < -0.3 is 20.1 Å². The average molecular weight is 577 g/mol. The molecule has 1 aliphatic heterocycles. The number of fused-ring (bicyclic) bond motifs is 2. The highest BCUT2D eigenvalue weighted by atomic mass is 35.5. The SMILES string of the molecule is O=C(O)[C@@H]1[C@@H](C(=O)Nc2ccc(C(=O)N3CCOCC3)cc2)[C@@]2(Cl)C(Cl)=C(Cl)[C@@]1(Cl)C2(Cl)Cl. The average Bonchev–Trinajstić information content (AvgIpc) is 3.00. The van der Waals surface area contributed by atoms with Gasteiger partial charge in [-0.2, -0.15) is 0 Å². The van der Waals surface area contributed by atoms with E-state index < -0.39 is 37.8 Å². The number of halogens is 6. The van der Waals surface area contributed by atoms with Crippen LogP contribution in [0.2, 0.25) is 0 Å². The molecule has 2 fully saturated rings. The molecule has 4 atom stereocenters. The second-order valence-corrected chi connectivity index (χ2v) is 11.2. The first-order valence-electron chi connectivity index (χ1n) is 9.71. The summed E-state index contributed by atoms with van der Waals surface area (Å²) in [5.74, 6) is -5.66. The standard InChI is InChI=1S/C20H16Cl6N2O5/c21-13-14(22)19(24)12(17(31)32)11(18(13,23)20(19,25)26)15(29)27-10-3-1-9(2-4-10)16(30)28-5-7-33-8-6-28/h1-4,11-12H,5-8H2,(H,27,29)(H,31,32)/t11-,12-,18+,19+/m0/s1. The number of alkyl halides is 4. The number of morpholine rings is 1. The molecule has 13 heteroatoms. The van der Waals surface area contributed by atoms with Crippen LogP contribution >= 0.6 is 69.6 Å². The fourth-order valence-corrected chi connectivity index (χ4v) is 7.43. The Kier molecular flexibility index (Phi) is 6.58. The van der Waals surface area contributed by atoms with E-state index in [4.69, 9.17) is 74.3 Å². The summed E-state index contributed by atoms with van der Waals surface area (Å²) in [7, 11) is 0. The minimum Gasteiger partial charge on any atom is -0.481 e. The number of benzene rings is 1. The molecule has 0 aromatic heterocycles. The molecular weight excluding hydrogens is 561 g/mol. The summed E-state index contributed by atoms with van der Waals surface area (Å²) in [4.78, 5) is 35.4. The van der Waals surface area contributed by atoms with Crippen molar-refractivity contribution in [3.05, 3.63) is 39.9 Å². The summed E-state index contributed by atoms with van der Waals surface area (Å²) in [5, 5.41) is 11.8. The molecular formula is C20H16Cl6N2O5. The Balaban J connectivity index is 1.59. The number of hydrogen-bond acceptors (Lipinski definition) is 4. The molecule has 0 spiro atoms. The smallest absolute Gasteiger partial charge is 0.309 e. The Hall–Kier alpha value is -0.930. The van der Waals surface area contributed by atoms with Gasteiger partial charge in [-0.3, -0.25) is 14.4 Å². The first kappa shape index (κ1) is 25.2. The topological polar surface area (TPSA) is 95.9 Å². The quantitative estimate of drug-likeness (QED) is 0.522. The minimum atomic E-state index is -2.18. The molecule has 1 heterocycles. The van der Waals surface area contributed by atoms with Gasteiger partial charge in [0.1, 0.15) is 9.75 Å². The Morgan fingerprint density at radius 1 is 0.939 bits per heavy atom. The van der Waals surface area contributed by atoms with Gasteiger partial charge in [0.05, 0.1) is 35.1 Å². The van der Waals surface area contributed by atoms with Gasteiger partial charge >= 0.3 is 5.97 Å². The van der Waals surface area contributed by atoms with E-state index in [1.807, 2.05) is 0 Å².